The normalized spacial score (nSPS) is 29.2. The van der Waals surface area contributed by atoms with E-state index in [2.05, 4.69) is 0 Å². The first-order valence-corrected chi connectivity index (χ1v) is 12.2. The van der Waals surface area contributed by atoms with Crippen molar-refractivity contribution < 1.29 is 53.7 Å². The molecule has 0 amide bonds. The zero-order valence-corrected chi connectivity index (χ0v) is 22.1. The van der Waals surface area contributed by atoms with Gasteiger partial charge in [0.25, 0.3) is 0 Å². The molecular formula is C27H36O11. The van der Waals surface area contributed by atoms with E-state index in [9.17, 15) is 30.0 Å². The zero-order valence-electron chi connectivity index (χ0n) is 22.1. The summed E-state index contributed by atoms with van der Waals surface area (Å²) in [5.74, 6) is -0.719. The molecule has 0 spiro atoms. The van der Waals surface area contributed by atoms with E-state index in [1.165, 1.54) is 32.4 Å². The summed E-state index contributed by atoms with van der Waals surface area (Å²) in [5, 5.41) is 41.1. The first kappa shape index (κ1) is 29.6. The number of hydrogen-bond acceptors (Lipinski definition) is 11. The second kappa shape index (κ2) is 12.3. The van der Waals surface area contributed by atoms with Gasteiger partial charge in [0.2, 0.25) is 5.75 Å². The molecule has 11 nitrogen and oxygen atoms in total. The molecule has 1 aromatic rings. The third-order valence-electron chi connectivity index (χ3n) is 6.91. The molecule has 0 saturated carbocycles. The molecule has 2 aliphatic rings. The highest BCUT2D eigenvalue weighted by Crippen LogP contribution is 2.40. The van der Waals surface area contributed by atoms with Crippen LogP contribution in [-0.2, 0) is 23.8 Å². The Morgan fingerprint density at radius 3 is 2.29 bits per heavy atom. The van der Waals surface area contributed by atoms with Gasteiger partial charge in [-0.25, -0.2) is 4.79 Å². The zero-order chi connectivity index (χ0) is 28.2. The monoisotopic (exact) mass is 536 g/mol. The lowest BCUT2D eigenvalue weighted by Crippen LogP contribution is -2.59. The Bertz CT molecular complexity index is 1050. The Labute approximate surface area is 221 Å². The number of phenolic OH excluding ortho intramolecular Hbond substituents is 1. The Hall–Kier alpha value is -2.96. The average Bonchev–Trinajstić information content (AvgIpc) is 2.85. The SMILES string of the molecule is COc1cc(/C=C/C(=O)OC[C@H]2O[C@@H](OC[C@H]3C(C)=CC(=O)CC3(C)C)[C@H](O)[C@@H](O)[C@@H]2O)cc(OC)c1O. The molecule has 1 aliphatic carbocycles. The summed E-state index contributed by atoms with van der Waals surface area (Å²) in [5.41, 5.74) is 0.963. The summed E-state index contributed by atoms with van der Waals surface area (Å²) in [6, 6.07) is 2.99. The van der Waals surface area contributed by atoms with Gasteiger partial charge in [0.15, 0.2) is 23.6 Å². The number of aliphatic hydroxyl groups excluding tert-OH is 3. The van der Waals surface area contributed by atoms with Gasteiger partial charge in [-0.2, -0.15) is 0 Å². The van der Waals surface area contributed by atoms with Crippen LogP contribution >= 0.6 is 0 Å². The molecule has 4 N–H and O–H groups in total. The first-order valence-electron chi connectivity index (χ1n) is 12.2. The largest absolute Gasteiger partial charge is 0.502 e. The maximum atomic E-state index is 12.3. The van der Waals surface area contributed by atoms with Crippen LogP contribution in [0.4, 0.5) is 0 Å². The highest BCUT2D eigenvalue weighted by atomic mass is 16.7. The van der Waals surface area contributed by atoms with Gasteiger partial charge in [-0.3, -0.25) is 4.79 Å². The number of aliphatic hydroxyl groups is 3. The van der Waals surface area contributed by atoms with Gasteiger partial charge in [0.1, 0.15) is 31.0 Å². The van der Waals surface area contributed by atoms with E-state index >= 15 is 0 Å². The Morgan fingerprint density at radius 2 is 1.71 bits per heavy atom. The molecule has 0 radical (unpaired) electrons. The van der Waals surface area contributed by atoms with Crippen LogP contribution < -0.4 is 9.47 Å². The summed E-state index contributed by atoms with van der Waals surface area (Å²) in [4.78, 5) is 24.2. The predicted octanol–water partition coefficient (Wildman–Crippen LogP) is 1.35. The van der Waals surface area contributed by atoms with E-state index in [0.29, 0.717) is 12.0 Å². The number of phenols is 1. The molecule has 1 fully saturated rings. The van der Waals surface area contributed by atoms with Crippen LogP contribution in [0.15, 0.2) is 29.9 Å². The third-order valence-corrected chi connectivity index (χ3v) is 6.91. The van der Waals surface area contributed by atoms with Crippen LogP contribution in [0.2, 0.25) is 0 Å². The van der Waals surface area contributed by atoms with Crippen LogP contribution in [0.25, 0.3) is 6.08 Å². The molecule has 1 heterocycles. The highest BCUT2D eigenvalue weighted by molar-refractivity contribution is 5.92. The van der Waals surface area contributed by atoms with Gasteiger partial charge in [-0.15, -0.1) is 0 Å². The molecule has 1 aromatic carbocycles. The van der Waals surface area contributed by atoms with Crippen molar-refractivity contribution in [2.24, 2.45) is 11.3 Å². The summed E-state index contributed by atoms with van der Waals surface area (Å²) in [6.07, 6.45) is -2.63. The number of hydrogen-bond donors (Lipinski definition) is 4. The fraction of sp³-hybridized carbons (Fsp3) is 0.556. The molecule has 0 aromatic heterocycles. The lowest BCUT2D eigenvalue weighted by molar-refractivity contribution is -0.304. The average molecular weight is 537 g/mol. The highest BCUT2D eigenvalue weighted by Gasteiger charge is 2.46. The van der Waals surface area contributed by atoms with Gasteiger partial charge in [-0.1, -0.05) is 19.4 Å². The third kappa shape index (κ3) is 6.72. The Kier molecular flexibility index (Phi) is 9.55. The van der Waals surface area contributed by atoms with Gasteiger partial charge < -0.3 is 44.1 Å². The number of ketones is 1. The number of methoxy groups -OCH3 is 2. The van der Waals surface area contributed by atoms with Crippen molar-refractivity contribution in [3.8, 4) is 17.2 Å². The first-order chi connectivity index (χ1) is 17.9. The fourth-order valence-corrected chi connectivity index (χ4v) is 4.72. The van der Waals surface area contributed by atoms with Crippen molar-refractivity contribution in [3.63, 3.8) is 0 Å². The lowest BCUT2D eigenvalue weighted by atomic mass is 9.68. The maximum Gasteiger partial charge on any atom is 0.330 e. The molecule has 1 saturated heterocycles. The van der Waals surface area contributed by atoms with Crippen LogP contribution in [0.3, 0.4) is 0 Å². The van der Waals surface area contributed by atoms with Crippen molar-refractivity contribution >= 4 is 17.8 Å². The summed E-state index contributed by atoms with van der Waals surface area (Å²) >= 11 is 0. The number of benzene rings is 1. The smallest absolute Gasteiger partial charge is 0.330 e. The molecule has 0 unspecified atom stereocenters. The van der Waals surface area contributed by atoms with Crippen molar-refractivity contribution in [1.82, 2.24) is 0 Å². The summed E-state index contributed by atoms with van der Waals surface area (Å²) < 4.78 is 26.8. The molecule has 1 aliphatic heterocycles. The van der Waals surface area contributed by atoms with Crippen molar-refractivity contribution in [3.05, 3.63) is 35.4 Å². The standard InChI is InChI=1S/C27H36O11/c1-14-8-16(28)11-27(2,3)17(14)12-37-26-25(33)24(32)23(31)20(38-26)13-36-21(29)7-6-15-9-18(34-4)22(30)19(10-15)35-5/h6-10,17,20,23-26,30-33H,11-13H2,1-5H3/b7-6+/t17-,20+,23+,24-,25+,26+/m0/s1. The summed E-state index contributed by atoms with van der Waals surface area (Å²) in [7, 11) is 2.76. The minimum Gasteiger partial charge on any atom is -0.502 e. The van der Waals surface area contributed by atoms with Crippen LogP contribution in [-0.4, -0.2) is 90.3 Å². The van der Waals surface area contributed by atoms with Gasteiger partial charge in [0.05, 0.1) is 20.8 Å². The van der Waals surface area contributed by atoms with Crippen LogP contribution in [0.5, 0.6) is 17.2 Å². The van der Waals surface area contributed by atoms with E-state index < -0.39 is 43.3 Å². The minimum absolute atomic E-state index is 0.0378. The number of rotatable bonds is 9. The fourth-order valence-electron chi connectivity index (χ4n) is 4.72. The van der Waals surface area contributed by atoms with Crippen molar-refractivity contribution in [1.29, 1.82) is 0 Å². The molecule has 38 heavy (non-hydrogen) atoms. The maximum absolute atomic E-state index is 12.3. The number of allylic oxidation sites excluding steroid dienone is 1. The summed E-state index contributed by atoms with van der Waals surface area (Å²) in [6.45, 7) is 5.43. The predicted molar refractivity (Wildman–Crippen MR) is 134 cm³/mol. The van der Waals surface area contributed by atoms with Gasteiger partial charge in [-0.05, 0) is 42.2 Å². The Morgan fingerprint density at radius 1 is 1.08 bits per heavy atom. The number of carbonyl (C=O) groups is 2. The van der Waals surface area contributed by atoms with Crippen molar-refractivity contribution in [2.45, 2.75) is 57.9 Å². The molecular weight excluding hydrogens is 500 g/mol. The Balaban J connectivity index is 1.61. The molecule has 3 rings (SSSR count). The van der Waals surface area contributed by atoms with Crippen LogP contribution in [0.1, 0.15) is 32.8 Å². The number of ether oxygens (including phenoxy) is 5. The number of aromatic hydroxyl groups is 1. The molecule has 11 heteroatoms. The second-order valence-electron chi connectivity index (χ2n) is 10.2. The number of carbonyl (C=O) groups excluding carboxylic acids is 2. The van der Waals surface area contributed by atoms with Crippen LogP contribution in [0, 0.1) is 11.3 Å². The second-order valence-corrected chi connectivity index (χ2v) is 10.2. The number of esters is 1. The quantitative estimate of drug-likeness (QED) is 0.266. The lowest BCUT2D eigenvalue weighted by Gasteiger charge is -2.42. The van der Waals surface area contributed by atoms with E-state index in [0.717, 1.165) is 11.6 Å². The molecule has 210 valence electrons. The van der Waals surface area contributed by atoms with E-state index in [1.807, 2.05) is 20.8 Å². The van der Waals surface area contributed by atoms with Gasteiger partial charge >= 0.3 is 5.97 Å². The molecule has 6 atom stereocenters. The van der Waals surface area contributed by atoms with E-state index in [1.54, 1.807) is 6.08 Å². The van der Waals surface area contributed by atoms with E-state index in [-0.39, 0.29) is 41.0 Å². The van der Waals surface area contributed by atoms with Crippen molar-refractivity contribution in [2.75, 3.05) is 27.4 Å². The van der Waals surface area contributed by atoms with Gasteiger partial charge in [0, 0.05) is 18.4 Å². The molecule has 0 bridgehead atoms. The van der Waals surface area contributed by atoms with E-state index in [4.69, 9.17) is 23.7 Å². The topological polar surface area (TPSA) is 161 Å². The minimum atomic E-state index is -1.59.